The second kappa shape index (κ2) is 3.87. The lowest BCUT2D eigenvalue weighted by atomic mass is 9.86. The second-order valence-corrected chi connectivity index (χ2v) is 3.37. The predicted molar refractivity (Wildman–Crippen MR) is 42.9 cm³/mol. The van der Waals surface area contributed by atoms with E-state index in [0.29, 0.717) is 0 Å². The van der Waals surface area contributed by atoms with Crippen LogP contribution in [0, 0.1) is 0 Å². The van der Waals surface area contributed by atoms with Gasteiger partial charge in [-0.05, 0) is 0 Å². The monoisotopic (exact) mass is 193 g/mol. The lowest BCUT2D eigenvalue weighted by molar-refractivity contribution is -0.174. The van der Waals surface area contributed by atoms with Gasteiger partial charge in [0.2, 0.25) is 0 Å². The van der Waals surface area contributed by atoms with Gasteiger partial charge in [0.15, 0.2) is 0 Å². The summed E-state index contributed by atoms with van der Waals surface area (Å²) >= 11 is 0. The van der Waals surface area contributed by atoms with Crippen LogP contribution in [0.4, 0.5) is 0 Å². The van der Waals surface area contributed by atoms with Crippen molar-refractivity contribution in [3.05, 3.63) is 0 Å². The molecule has 1 rings (SSSR count). The average Bonchev–Trinajstić information content (AvgIpc) is 2.15. The Morgan fingerprint density at radius 1 is 1.31 bits per heavy atom. The van der Waals surface area contributed by atoms with E-state index in [1.54, 1.807) is 0 Å². The Morgan fingerprint density at radius 2 is 1.92 bits per heavy atom. The molecule has 13 heavy (non-hydrogen) atoms. The van der Waals surface area contributed by atoms with Gasteiger partial charge in [0.1, 0.15) is 17.8 Å². The summed E-state index contributed by atoms with van der Waals surface area (Å²) in [5.74, 6) is 0. The summed E-state index contributed by atoms with van der Waals surface area (Å²) < 4.78 is 0. The molecule has 4 atom stereocenters. The lowest BCUT2D eigenvalue weighted by Crippen LogP contribution is -2.68. The van der Waals surface area contributed by atoms with Crippen LogP contribution < -0.4 is 5.32 Å². The van der Waals surface area contributed by atoms with Crippen molar-refractivity contribution in [2.45, 2.75) is 23.9 Å². The molecule has 0 saturated carbocycles. The zero-order valence-corrected chi connectivity index (χ0v) is 7.09. The van der Waals surface area contributed by atoms with Crippen molar-refractivity contribution >= 4 is 0 Å². The van der Waals surface area contributed by atoms with Crippen LogP contribution in [0.15, 0.2) is 0 Å². The summed E-state index contributed by atoms with van der Waals surface area (Å²) in [6.07, 6.45) is -2.73. The maximum absolute atomic E-state index is 9.53. The average molecular weight is 193 g/mol. The summed E-state index contributed by atoms with van der Waals surface area (Å²) in [5.41, 5.74) is -1.73. The Morgan fingerprint density at radius 3 is 2.38 bits per heavy atom. The Kier molecular flexibility index (Phi) is 3.23. The highest BCUT2D eigenvalue weighted by molar-refractivity contribution is 5.01. The van der Waals surface area contributed by atoms with E-state index >= 15 is 0 Å². The van der Waals surface area contributed by atoms with E-state index in [1.165, 1.54) is 0 Å². The summed E-state index contributed by atoms with van der Waals surface area (Å²) in [6, 6.07) is -0.665. The third-order valence-corrected chi connectivity index (χ3v) is 2.43. The minimum atomic E-state index is -1.73. The molecule has 1 aliphatic heterocycles. The number of rotatable bonds is 2. The molecule has 0 aromatic rings. The fraction of sp³-hybridized carbons (Fsp3) is 1.00. The largest absolute Gasteiger partial charge is 0.395 e. The molecular formula is C7H15NO5. The molecule has 6 heteroatoms. The van der Waals surface area contributed by atoms with E-state index in [2.05, 4.69) is 5.32 Å². The molecular weight excluding hydrogens is 178 g/mol. The molecule has 1 aliphatic rings. The standard InChI is InChI=1S/C7H15NO5/c9-1-4-5(11)6(12)7(13,3-10)2-8-4/h4-6,8-13H,1-3H2/t4-,5+,6-,7+/m0/s1. The third-order valence-electron chi connectivity index (χ3n) is 2.43. The zero-order valence-electron chi connectivity index (χ0n) is 7.09. The SMILES string of the molecule is OC[C@@H]1NC[C@@](O)(CO)[C@@H](O)[C@@H]1O. The Labute approximate surface area is 75.4 Å². The van der Waals surface area contributed by atoms with Crippen LogP contribution in [0.2, 0.25) is 0 Å². The van der Waals surface area contributed by atoms with Crippen molar-refractivity contribution in [2.75, 3.05) is 19.8 Å². The van der Waals surface area contributed by atoms with Crippen molar-refractivity contribution in [1.29, 1.82) is 0 Å². The highest BCUT2D eigenvalue weighted by atomic mass is 16.4. The second-order valence-electron chi connectivity index (χ2n) is 3.37. The first kappa shape index (κ1) is 10.8. The minimum Gasteiger partial charge on any atom is -0.395 e. The van der Waals surface area contributed by atoms with Crippen molar-refractivity contribution in [3.8, 4) is 0 Å². The van der Waals surface area contributed by atoms with E-state index in [1.807, 2.05) is 0 Å². The minimum absolute atomic E-state index is 0.0625. The lowest BCUT2D eigenvalue weighted by Gasteiger charge is -2.42. The van der Waals surface area contributed by atoms with Crippen LogP contribution >= 0.6 is 0 Å². The van der Waals surface area contributed by atoms with Crippen LogP contribution in [-0.4, -0.2) is 69.1 Å². The Balaban J connectivity index is 2.69. The Hall–Kier alpha value is -0.240. The van der Waals surface area contributed by atoms with E-state index in [4.69, 9.17) is 10.2 Å². The van der Waals surface area contributed by atoms with Crippen LogP contribution in [0.1, 0.15) is 0 Å². The van der Waals surface area contributed by atoms with Crippen molar-refractivity contribution in [1.82, 2.24) is 5.32 Å². The molecule has 0 radical (unpaired) electrons. The molecule has 1 fully saturated rings. The maximum Gasteiger partial charge on any atom is 0.128 e. The van der Waals surface area contributed by atoms with Crippen LogP contribution in [0.3, 0.4) is 0 Å². The van der Waals surface area contributed by atoms with E-state index in [9.17, 15) is 15.3 Å². The third kappa shape index (κ3) is 1.83. The quantitative estimate of drug-likeness (QED) is 0.270. The number of piperidine rings is 1. The van der Waals surface area contributed by atoms with Gasteiger partial charge in [0, 0.05) is 6.54 Å². The van der Waals surface area contributed by atoms with Gasteiger partial charge < -0.3 is 30.8 Å². The maximum atomic E-state index is 9.53. The molecule has 0 amide bonds. The topological polar surface area (TPSA) is 113 Å². The summed E-state index contributed by atoms with van der Waals surface area (Å²) in [4.78, 5) is 0. The molecule has 0 unspecified atom stereocenters. The molecule has 0 spiro atoms. The van der Waals surface area contributed by atoms with Gasteiger partial charge >= 0.3 is 0 Å². The highest BCUT2D eigenvalue weighted by Gasteiger charge is 2.46. The van der Waals surface area contributed by atoms with Crippen LogP contribution in [0.5, 0.6) is 0 Å². The molecule has 0 bridgehead atoms. The fourth-order valence-corrected chi connectivity index (χ4v) is 1.39. The van der Waals surface area contributed by atoms with Gasteiger partial charge in [-0.1, -0.05) is 0 Å². The van der Waals surface area contributed by atoms with E-state index < -0.39 is 30.5 Å². The van der Waals surface area contributed by atoms with Gasteiger partial charge in [-0.2, -0.15) is 0 Å². The van der Waals surface area contributed by atoms with Crippen LogP contribution in [-0.2, 0) is 0 Å². The fourth-order valence-electron chi connectivity index (χ4n) is 1.39. The molecule has 6 N–H and O–H groups in total. The first-order valence-electron chi connectivity index (χ1n) is 4.09. The van der Waals surface area contributed by atoms with Gasteiger partial charge in [-0.25, -0.2) is 0 Å². The number of hydrogen-bond donors (Lipinski definition) is 6. The number of aliphatic hydroxyl groups is 5. The summed E-state index contributed by atoms with van der Waals surface area (Å²) in [5, 5.41) is 48.4. The summed E-state index contributed by atoms with van der Waals surface area (Å²) in [7, 11) is 0. The molecule has 0 aliphatic carbocycles. The van der Waals surface area contributed by atoms with Crippen molar-refractivity contribution in [3.63, 3.8) is 0 Å². The molecule has 78 valence electrons. The van der Waals surface area contributed by atoms with Gasteiger partial charge in [0.25, 0.3) is 0 Å². The zero-order chi connectivity index (χ0) is 10.1. The molecule has 1 heterocycles. The highest BCUT2D eigenvalue weighted by Crippen LogP contribution is 2.19. The summed E-state index contributed by atoms with van der Waals surface area (Å²) in [6.45, 7) is -1.04. The smallest absolute Gasteiger partial charge is 0.128 e. The molecule has 1 saturated heterocycles. The number of aliphatic hydroxyl groups excluding tert-OH is 4. The van der Waals surface area contributed by atoms with Crippen LogP contribution in [0.25, 0.3) is 0 Å². The van der Waals surface area contributed by atoms with Gasteiger partial charge in [-0.3, -0.25) is 0 Å². The number of hydrogen-bond acceptors (Lipinski definition) is 6. The normalized spacial score (nSPS) is 46.4. The number of nitrogens with one attached hydrogen (secondary N) is 1. The van der Waals surface area contributed by atoms with Gasteiger partial charge in [-0.15, -0.1) is 0 Å². The van der Waals surface area contributed by atoms with E-state index in [-0.39, 0.29) is 13.2 Å². The Bertz CT molecular complexity index is 178. The predicted octanol–water partition coefficient (Wildman–Crippen LogP) is -3.60. The van der Waals surface area contributed by atoms with Gasteiger partial charge in [0.05, 0.1) is 19.3 Å². The first-order valence-corrected chi connectivity index (χ1v) is 4.09. The molecule has 0 aromatic carbocycles. The van der Waals surface area contributed by atoms with Crippen molar-refractivity contribution < 1.29 is 25.5 Å². The number of β-amino-alcohol motifs (C(OH)–C–C–N with tert-alkyl or cyclic N) is 1. The first-order chi connectivity index (χ1) is 6.05. The van der Waals surface area contributed by atoms with E-state index in [0.717, 1.165) is 0 Å². The molecule has 6 nitrogen and oxygen atoms in total. The van der Waals surface area contributed by atoms with Crippen molar-refractivity contribution in [2.24, 2.45) is 0 Å². The molecule has 0 aromatic heterocycles.